The smallest absolute Gasteiger partial charge is 0.293 e. The van der Waals surface area contributed by atoms with Crippen LogP contribution in [-0.2, 0) is 17.9 Å². The Morgan fingerprint density at radius 2 is 2.23 bits per heavy atom. The molecular formula is C22H30ClN5O3. The lowest BCUT2D eigenvalue weighted by Gasteiger charge is -2.23. The molecule has 0 spiro atoms. The molecule has 1 aliphatic heterocycles. The molecule has 3 N–H and O–H groups in total. The van der Waals surface area contributed by atoms with E-state index in [1.54, 1.807) is 38.4 Å². The minimum absolute atomic E-state index is 0.0884. The van der Waals surface area contributed by atoms with Gasteiger partial charge in [-0.15, -0.1) is 0 Å². The Morgan fingerprint density at radius 1 is 1.39 bits per heavy atom. The number of nitrogens with one attached hydrogen (secondary N) is 3. The van der Waals surface area contributed by atoms with Crippen LogP contribution in [0.4, 0.5) is 5.82 Å². The van der Waals surface area contributed by atoms with Crippen LogP contribution in [0.3, 0.4) is 0 Å². The summed E-state index contributed by atoms with van der Waals surface area (Å²) >= 11 is 6.04. The summed E-state index contributed by atoms with van der Waals surface area (Å²) in [7, 11) is 1.56. The van der Waals surface area contributed by atoms with E-state index in [1.165, 1.54) is 17.4 Å². The molecule has 1 aromatic heterocycles. The molecule has 31 heavy (non-hydrogen) atoms. The standard InChI is InChI=1S/C22H30ClN5O3/c1-15-12-27-21(25-10-8-18-5-3-4-9-24-18)22(30)28(15)14-20(29)26-13-16-11-17(23)6-7-19(16)31-2/h6-7,11-12,18,24H,3-5,8-10,13-14H2,1-2H3,(H,25,27)(H,26,29). The fraction of sp³-hybridized carbons (Fsp3) is 0.500. The summed E-state index contributed by atoms with van der Waals surface area (Å²) in [4.78, 5) is 29.6. The Balaban J connectivity index is 1.59. The Morgan fingerprint density at radius 3 is 2.97 bits per heavy atom. The van der Waals surface area contributed by atoms with Gasteiger partial charge in [0, 0.05) is 41.6 Å². The second-order valence-corrected chi connectivity index (χ2v) is 8.17. The van der Waals surface area contributed by atoms with Gasteiger partial charge in [0.1, 0.15) is 12.3 Å². The van der Waals surface area contributed by atoms with Crippen LogP contribution in [0.25, 0.3) is 0 Å². The zero-order chi connectivity index (χ0) is 22.2. The number of carbonyl (C=O) groups excluding carboxylic acids is 1. The third kappa shape index (κ3) is 6.45. The Kier molecular flexibility index (Phi) is 8.31. The van der Waals surface area contributed by atoms with E-state index < -0.39 is 0 Å². The first kappa shape index (κ1) is 23.1. The Bertz CT molecular complexity index is 957. The summed E-state index contributed by atoms with van der Waals surface area (Å²) in [5, 5.41) is 10.0. The summed E-state index contributed by atoms with van der Waals surface area (Å²) < 4.78 is 6.73. The number of aromatic nitrogens is 2. The number of methoxy groups -OCH3 is 1. The number of hydrogen-bond acceptors (Lipinski definition) is 6. The minimum atomic E-state index is -0.299. The second-order valence-electron chi connectivity index (χ2n) is 7.73. The molecule has 0 saturated carbocycles. The number of hydrogen-bond donors (Lipinski definition) is 3. The minimum Gasteiger partial charge on any atom is -0.496 e. The van der Waals surface area contributed by atoms with E-state index in [1.807, 2.05) is 0 Å². The quantitative estimate of drug-likeness (QED) is 0.546. The summed E-state index contributed by atoms with van der Waals surface area (Å²) in [6, 6.07) is 5.70. The monoisotopic (exact) mass is 447 g/mol. The number of aryl methyl sites for hydroxylation is 1. The maximum Gasteiger partial charge on any atom is 0.293 e. The lowest BCUT2D eigenvalue weighted by atomic mass is 10.0. The molecule has 9 heteroatoms. The number of anilines is 1. The van der Waals surface area contributed by atoms with E-state index in [9.17, 15) is 9.59 Å². The zero-order valence-corrected chi connectivity index (χ0v) is 18.8. The molecule has 3 rings (SSSR count). The van der Waals surface area contributed by atoms with Crippen molar-refractivity contribution in [2.75, 3.05) is 25.5 Å². The number of ether oxygens (including phenoxy) is 1. The summed E-state index contributed by atoms with van der Waals surface area (Å²) in [5.74, 6) is 0.627. The number of halogens is 1. The molecule has 0 bridgehead atoms. The van der Waals surface area contributed by atoms with Crippen molar-refractivity contribution in [3.63, 3.8) is 0 Å². The fourth-order valence-electron chi connectivity index (χ4n) is 3.70. The first-order valence-electron chi connectivity index (χ1n) is 10.6. The van der Waals surface area contributed by atoms with Crippen molar-refractivity contribution in [1.29, 1.82) is 0 Å². The van der Waals surface area contributed by atoms with Gasteiger partial charge in [-0.3, -0.25) is 14.2 Å². The first-order chi connectivity index (χ1) is 15.0. The van der Waals surface area contributed by atoms with Crippen LogP contribution in [-0.4, -0.2) is 41.7 Å². The lowest BCUT2D eigenvalue weighted by Crippen LogP contribution is -2.36. The molecule has 2 aromatic rings. The van der Waals surface area contributed by atoms with E-state index in [0.29, 0.717) is 29.1 Å². The Labute approximate surface area is 187 Å². The van der Waals surface area contributed by atoms with Gasteiger partial charge in [-0.2, -0.15) is 0 Å². The summed E-state index contributed by atoms with van der Waals surface area (Å²) in [5.41, 5.74) is 1.09. The number of carbonyl (C=O) groups is 1. The van der Waals surface area contributed by atoms with Crippen LogP contribution in [0, 0.1) is 6.92 Å². The van der Waals surface area contributed by atoms with Crippen LogP contribution in [0.15, 0.2) is 29.2 Å². The van der Waals surface area contributed by atoms with Gasteiger partial charge in [-0.05, 0) is 50.9 Å². The second kappa shape index (κ2) is 11.2. The molecule has 2 heterocycles. The maximum atomic E-state index is 12.8. The van der Waals surface area contributed by atoms with Gasteiger partial charge in [0.2, 0.25) is 5.91 Å². The van der Waals surface area contributed by atoms with E-state index in [-0.39, 0.29) is 30.4 Å². The van der Waals surface area contributed by atoms with Crippen molar-refractivity contribution in [2.45, 2.75) is 51.7 Å². The van der Waals surface area contributed by atoms with E-state index >= 15 is 0 Å². The average molecular weight is 448 g/mol. The molecule has 1 atom stereocenters. The molecule has 168 valence electrons. The third-order valence-corrected chi connectivity index (χ3v) is 5.71. The number of rotatable bonds is 9. The van der Waals surface area contributed by atoms with Crippen molar-refractivity contribution in [1.82, 2.24) is 20.2 Å². The van der Waals surface area contributed by atoms with Crippen LogP contribution < -0.4 is 26.2 Å². The normalized spacial score (nSPS) is 16.0. The highest BCUT2D eigenvalue weighted by molar-refractivity contribution is 6.30. The largest absolute Gasteiger partial charge is 0.496 e. The number of piperidine rings is 1. The van der Waals surface area contributed by atoms with Crippen LogP contribution in [0.5, 0.6) is 5.75 Å². The predicted octanol–water partition coefficient (Wildman–Crippen LogP) is 2.47. The molecule has 1 aromatic carbocycles. The van der Waals surface area contributed by atoms with Gasteiger partial charge in [-0.25, -0.2) is 4.98 Å². The fourth-order valence-corrected chi connectivity index (χ4v) is 3.90. The van der Waals surface area contributed by atoms with Gasteiger partial charge >= 0.3 is 0 Å². The molecule has 0 aliphatic carbocycles. The summed E-state index contributed by atoms with van der Waals surface area (Å²) in [6.45, 7) is 3.63. The van der Waals surface area contributed by atoms with Crippen LogP contribution in [0.1, 0.15) is 36.9 Å². The van der Waals surface area contributed by atoms with Gasteiger partial charge in [0.05, 0.1) is 7.11 Å². The SMILES string of the molecule is COc1ccc(Cl)cc1CNC(=O)Cn1c(C)cnc(NCCC2CCCCN2)c1=O. The van der Waals surface area contributed by atoms with Crippen molar-refractivity contribution < 1.29 is 9.53 Å². The molecular weight excluding hydrogens is 418 g/mol. The van der Waals surface area contributed by atoms with Gasteiger partial charge in [-0.1, -0.05) is 18.0 Å². The van der Waals surface area contributed by atoms with Crippen molar-refractivity contribution in [3.8, 4) is 5.75 Å². The number of nitrogens with zero attached hydrogens (tertiary/aromatic N) is 2. The highest BCUT2D eigenvalue weighted by Gasteiger charge is 2.15. The van der Waals surface area contributed by atoms with Crippen molar-refractivity contribution in [3.05, 3.63) is 51.0 Å². The van der Waals surface area contributed by atoms with Gasteiger partial charge in [0.25, 0.3) is 5.56 Å². The van der Waals surface area contributed by atoms with Gasteiger partial charge in [0.15, 0.2) is 5.82 Å². The molecule has 8 nitrogen and oxygen atoms in total. The van der Waals surface area contributed by atoms with Crippen molar-refractivity contribution >= 4 is 23.3 Å². The highest BCUT2D eigenvalue weighted by atomic mass is 35.5. The average Bonchev–Trinajstić information content (AvgIpc) is 2.77. The highest BCUT2D eigenvalue weighted by Crippen LogP contribution is 2.22. The summed E-state index contributed by atoms with van der Waals surface area (Å²) in [6.07, 6.45) is 6.15. The predicted molar refractivity (Wildman–Crippen MR) is 122 cm³/mol. The Hall–Kier alpha value is -2.58. The topological polar surface area (TPSA) is 97.3 Å². The zero-order valence-electron chi connectivity index (χ0n) is 18.0. The molecule has 1 fully saturated rings. The van der Waals surface area contributed by atoms with E-state index in [4.69, 9.17) is 16.3 Å². The third-order valence-electron chi connectivity index (χ3n) is 5.47. The van der Waals surface area contributed by atoms with Gasteiger partial charge < -0.3 is 20.7 Å². The number of benzene rings is 1. The maximum absolute atomic E-state index is 12.8. The molecule has 1 unspecified atom stereocenters. The molecule has 1 aliphatic rings. The van der Waals surface area contributed by atoms with Crippen LogP contribution >= 0.6 is 11.6 Å². The molecule has 0 radical (unpaired) electrons. The first-order valence-corrected chi connectivity index (χ1v) is 11.0. The van der Waals surface area contributed by atoms with E-state index in [2.05, 4.69) is 20.9 Å². The molecule has 1 saturated heterocycles. The number of amides is 1. The lowest BCUT2D eigenvalue weighted by molar-refractivity contribution is -0.121. The van der Waals surface area contributed by atoms with Crippen LogP contribution in [0.2, 0.25) is 5.02 Å². The molecule has 1 amide bonds. The van der Waals surface area contributed by atoms with E-state index in [0.717, 1.165) is 24.9 Å². The van der Waals surface area contributed by atoms with Crippen molar-refractivity contribution in [2.24, 2.45) is 0 Å².